The lowest BCUT2D eigenvalue weighted by atomic mass is 9.97. The molecule has 1 aromatic heterocycles. The molecule has 1 saturated heterocycles. The number of hydrogen-bond acceptors (Lipinski definition) is 3. The van der Waals surface area contributed by atoms with Gasteiger partial charge in [-0.15, -0.1) is 0 Å². The van der Waals surface area contributed by atoms with Crippen LogP contribution in [0.4, 0.5) is 0 Å². The number of hydrogen-bond donors (Lipinski definition) is 1. The fourth-order valence-corrected chi connectivity index (χ4v) is 2.44. The van der Waals surface area contributed by atoms with E-state index in [4.69, 9.17) is 0 Å². The van der Waals surface area contributed by atoms with Crippen LogP contribution in [0.25, 0.3) is 0 Å². The first-order chi connectivity index (χ1) is 8.72. The molecule has 5 nitrogen and oxygen atoms in total. The molecule has 1 aromatic rings. The van der Waals surface area contributed by atoms with Gasteiger partial charge in [0.1, 0.15) is 0 Å². The van der Waals surface area contributed by atoms with Gasteiger partial charge in [0.2, 0.25) is 0 Å². The number of carbonyl (C=O) groups excluding carboxylic acids is 1. The predicted octanol–water partition coefficient (Wildman–Crippen LogP) is 0.882. The summed E-state index contributed by atoms with van der Waals surface area (Å²) in [4.78, 5) is 18.4. The average Bonchev–Trinajstić information content (AvgIpc) is 2.82. The maximum absolute atomic E-state index is 12.4. The first-order valence-corrected chi connectivity index (χ1v) is 6.69. The van der Waals surface area contributed by atoms with Crippen molar-refractivity contribution >= 4 is 5.91 Å². The number of imidazole rings is 1. The number of amides is 1. The topological polar surface area (TPSA) is 50.2 Å². The molecule has 1 N–H and O–H groups in total. The Hall–Kier alpha value is -1.36. The predicted molar refractivity (Wildman–Crippen MR) is 70.4 cm³/mol. The maximum atomic E-state index is 12.4. The minimum Gasteiger partial charge on any atom is -0.336 e. The minimum absolute atomic E-state index is 0.0449. The second kappa shape index (κ2) is 6.00. The second-order valence-electron chi connectivity index (χ2n) is 4.90. The van der Waals surface area contributed by atoms with Crippen LogP contribution >= 0.6 is 0 Å². The zero-order chi connectivity index (χ0) is 13.0. The zero-order valence-corrected chi connectivity index (χ0v) is 11.2. The molecule has 0 unspecified atom stereocenters. The summed E-state index contributed by atoms with van der Waals surface area (Å²) >= 11 is 0. The van der Waals surface area contributed by atoms with Gasteiger partial charge in [0, 0.05) is 32.5 Å². The number of aromatic nitrogens is 2. The lowest BCUT2D eigenvalue weighted by Crippen LogP contribution is -2.40. The van der Waals surface area contributed by atoms with Gasteiger partial charge in [0.25, 0.3) is 5.91 Å². The van der Waals surface area contributed by atoms with Crippen LogP contribution in [-0.2, 0) is 7.05 Å². The number of carbonyl (C=O) groups is 1. The van der Waals surface area contributed by atoms with Crippen LogP contribution in [-0.4, -0.2) is 46.5 Å². The smallest absolute Gasteiger partial charge is 0.289 e. The van der Waals surface area contributed by atoms with E-state index in [0.29, 0.717) is 11.7 Å². The van der Waals surface area contributed by atoms with Gasteiger partial charge in [0.15, 0.2) is 5.82 Å². The first kappa shape index (κ1) is 13.1. The van der Waals surface area contributed by atoms with E-state index in [0.717, 1.165) is 39.0 Å². The van der Waals surface area contributed by atoms with Crippen molar-refractivity contribution in [3.05, 3.63) is 18.2 Å². The van der Waals surface area contributed by atoms with Crippen molar-refractivity contribution in [2.45, 2.75) is 19.8 Å². The molecule has 0 atom stereocenters. The standard InChI is InChI=1S/C13H22N4O/c1-3-17(10-11-4-6-14-7-5-11)13(18)12-15-8-9-16(12)2/h8-9,11,14H,3-7,10H2,1-2H3. The number of aryl methyl sites for hydroxylation is 1. The van der Waals surface area contributed by atoms with Crippen molar-refractivity contribution in [3.8, 4) is 0 Å². The van der Waals surface area contributed by atoms with Crippen LogP contribution in [0.5, 0.6) is 0 Å². The highest BCUT2D eigenvalue weighted by Gasteiger charge is 2.22. The van der Waals surface area contributed by atoms with E-state index in [-0.39, 0.29) is 5.91 Å². The van der Waals surface area contributed by atoms with E-state index < -0.39 is 0 Å². The van der Waals surface area contributed by atoms with E-state index in [9.17, 15) is 4.79 Å². The van der Waals surface area contributed by atoms with Gasteiger partial charge in [-0.25, -0.2) is 4.98 Å². The van der Waals surface area contributed by atoms with Crippen LogP contribution in [0.1, 0.15) is 30.4 Å². The Morgan fingerprint density at radius 1 is 1.56 bits per heavy atom. The summed E-state index contributed by atoms with van der Waals surface area (Å²) in [6.07, 6.45) is 5.80. The van der Waals surface area contributed by atoms with Gasteiger partial charge in [-0.05, 0) is 38.8 Å². The molecular weight excluding hydrogens is 228 g/mol. The lowest BCUT2D eigenvalue weighted by molar-refractivity contribution is 0.0711. The van der Waals surface area contributed by atoms with Crippen LogP contribution in [0, 0.1) is 5.92 Å². The Morgan fingerprint density at radius 3 is 2.83 bits per heavy atom. The monoisotopic (exact) mass is 250 g/mol. The summed E-state index contributed by atoms with van der Waals surface area (Å²) < 4.78 is 1.79. The zero-order valence-electron chi connectivity index (χ0n) is 11.2. The van der Waals surface area contributed by atoms with Crippen molar-refractivity contribution in [1.82, 2.24) is 19.8 Å². The molecule has 0 saturated carbocycles. The van der Waals surface area contributed by atoms with Crippen molar-refractivity contribution < 1.29 is 4.79 Å². The molecule has 0 aliphatic carbocycles. The number of nitrogens with zero attached hydrogens (tertiary/aromatic N) is 3. The largest absolute Gasteiger partial charge is 0.336 e. The molecule has 100 valence electrons. The van der Waals surface area contributed by atoms with Gasteiger partial charge in [-0.1, -0.05) is 0 Å². The summed E-state index contributed by atoms with van der Waals surface area (Å²) in [5, 5.41) is 3.35. The molecule has 1 aliphatic heterocycles. The fraction of sp³-hybridized carbons (Fsp3) is 0.692. The number of nitrogens with one attached hydrogen (secondary N) is 1. The van der Waals surface area contributed by atoms with Crippen LogP contribution in [0.3, 0.4) is 0 Å². The lowest BCUT2D eigenvalue weighted by Gasteiger charge is -2.29. The molecule has 1 amide bonds. The van der Waals surface area contributed by atoms with Crippen LogP contribution in [0.2, 0.25) is 0 Å². The normalized spacial score (nSPS) is 16.8. The SMILES string of the molecule is CCN(CC1CCNCC1)C(=O)c1nccn1C. The molecule has 2 heterocycles. The third-order valence-corrected chi connectivity index (χ3v) is 3.62. The quantitative estimate of drug-likeness (QED) is 0.863. The average molecular weight is 250 g/mol. The van der Waals surface area contributed by atoms with Gasteiger partial charge in [0.05, 0.1) is 0 Å². The Bertz CT molecular complexity index is 395. The minimum atomic E-state index is 0.0449. The summed E-state index contributed by atoms with van der Waals surface area (Å²) in [5.41, 5.74) is 0. The molecule has 0 spiro atoms. The summed E-state index contributed by atoms with van der Waals surface area (Å²) in [5.74, 6) is 1.20. The maximum Gasteiger partial charge on any atom is 0.289 e. The van der Waals surface area contributed by atoms with E-state index in [2.05, 4.69) is 10.3 Å². The van der Waals surface area contributed by atoms with E-state index in [1.54, 1.807) is 10.8 Å². The van der Waals surface area contributed by atoms with Crippen molar-refractivity contribution in [2.75, 3.05) is 26.2 Å². The molecular formula is C13H22N4O. The van der Waals surface area contributed by atoms with Crippen LogP contribution in [0.15, 0.2) is 12.4 Å². The van der Waals surface area contributed by atoms with Gasteiger partial charge in [-0.3, -0.25) is 4.79 Å². The molecule has 2 rings (SSSR count). The highest BCUT2D eigenvalue weighted by molar-refractivity contribution is 5.90. The Labute approximate surface area is 108 Å². The third-order valence-electron chi connectivity index (χ3n) is 3.62. The molecule has 1 fully saturated rings. The number of piperidine rings is 1. The Kier molecular flexibility index (Phi) is 4.36. The molecule has 5 heteroatoms. The van der Waals surface area contributed by atoms with E-state index >= 15 is 0 Å². The van der Waals surface area contributed by atoms with Crippen molar-refractivity contribution in [1.29, 1.82) is 0 Å². The van der Waals surface area contributed by atoms with Crippen LogP contribution < -0.4 is 5.32 Å². The van der Waals surface area contributed by atoms with Gasteiger partial charge < -0.3 is 14.8 Å². The number of rotatable bonds is 4. The highest BCUT2D eigenvalue weighted by atomic mass is 16.2. The van der Waals surface area contributed by atoms with Gasteiger partial charge >= 0.3 is 0 Å². The van der Waals surface area contributed by atoms with Gasteiger partial charge in [-0.2, -0.15) is 0 Å². The summed E-state index contributed by atoms with van der Waals surface area (Å²) in [7, 11) is 1.86. The second-order valence-corrected chi connectivity index (χ2v) is 4.90. The Morgan fingerprint density at radius 2 is 2.28 bits per heavy atom. The van der Waals surface area contributed by atoms with E-state index in [1.165, 1.54) is 0 Å². The highest BCUT2D eigenvalue weighted by Crippen LogP contribution is 2.14. The third kappa shape index (κ3) is 2.90. The summed E-state index contributed by atoms with van der Waals surface area (Å²) in [6, 6.07) is 0. The molecule has 1 aliphatic rings. The van der Waals surface area contributed by atoms with Crippen molar-refractivity contribution in [3.63, 3.8) is 0 Å². The molecule has 0 aromatic carbocycles. The first-order valence-electron chi connectivity index (χ1n) is 6.69. The molecule has 0 bridgehead atoms. The Balaban J connectivity index is 1.99. The fourth-order valence-electron chi connectivity index (χ4n) is 2.44. The van der Waals surface area contributed by atoms with E-state index in [1.807, 2.05) is 25.1 Å². The molecule has 18 heavy (non-hydrogen) atoms. The summed E-state index contributed by atoms with van der Waals surface area (Å²) in [6.45, 7) is 5.76. The van der Waals surface area contributed by atoms with Crippen molar-refractivity contribution in [2.24, 2.45) is 13.0 Å². The molecule has 0 radical (unpaired) electrons.